The molecule has 0 aliphatic rings. The fourth-order valence-electron chi connectivity index (χ4n) is 2.25. The monoisotopic (exact) mass is 330 g/mol. The molecule has 0 amide bonds. The van der Waals surface area contributed by atoms with E-state index in [4.69, 9.17) is 10.5 Å². The van der Waals surface area contributed by atoms with Gasteiger partial charge < -0.3 is 15.6 Å². The maximum Gasteiger partial charge on any atom is 0.342 e. The predicted molar refractivity (Wildman–Crippen MR) is 92.5 cm³/mol. The average molecular weight is 330 g/mol. The number of ether oxygens (including phenoxy) is 1. The van der Waals surface area contributed by atoms with Crippen molar-refractivity contribution in [2.24, 2.45) is 10.7 Å². The third-order valence-electron chi connectivity index (χ3n) is 3.29. The molecule has 2 rings (SSSR count). The Kier molecular flexibility index (Phi) is 5.65. The van der Waals surface area contributed by atoms with Crippen molar-refractivity contribution in [3.05, 3.63) is 53.1 Å². The molecule has 0 heterocycles. The summed E-state index contributed by atoms with van der Waals surface area (Å²) in [6.45, 7) is 1.81. The molecule has 6 heteroatoms. The Labute approximate surface area is 139 Å². The van der Waals surface area contributed by atoms with E-state index in [1.807, 2.05) is 30.3 Å². The van der Waals surface area contributed by atoms with Gasteiger partial charge in [-0.15, -0.1) is 11.8 Å². The molecule has 0 aliphatic heterocycles. The van der Waals surface area contributed by atoms with E-state index in [1.54, 1.807) is 6.92 Å². The quantitative estimate of drug-likeness (QED) is 0.380. The summed E-state index contributed by atoms with van der Waals surface area (Å²) in [5.74, 6) is -0.260. The van der Waals surface area contributed by atoms with E-state index in [0.29, 0.717) is 17.0 Å². The minimum Gasteiger partial charge on any atom is -0.507 e. The Bertz CT molecular complexity index is 730. The molecule has 0 saturated heterocycles. The Hall–Kier alpha value is -2.47. The highest BCUT2D eigenvalue weighted by molar-refractivity contribution is 7.98. The second kappa shape index (κ2) is 7.69. The van der Waals surface area contributed by atoms with Crippen LogP contribution in [0.3, 0.4) is 0 Å². The second-order valence-electron chi connectivity index (χ2n) is 4.79. The summed E-state index contributed by atoms with van der Waals surface area (Å²) in [7, 11) is 1.28. The lowest BCUT2D eigenvalue weighted by atomic mass is 10.0. The minimum atomic E-state index is -0.598. The van der Waals surface area contributed by atoms with E-state index in [-0.39, 0.29) is 11.3 Å². The first-order valence-corrected chi connectivity index (χ1v) is 7.93. The van der Waals surface area contributed by atoms with Crippen LogP contribution in [0.25, 0.3) is 0 Å². The molecule has 0 spiro atoms. The molecule has 0 atom stereocenters. The molecule has 0 fully saturated rings. The van der Waals surface area contributed by atoms with Crippen LogP contribution in [0.5, 0.6) is 5.75 Å². The van der Waals surface area contributed by atoms with E-state index >= 15 is 0 Å². The summed E-state index contributed by atoms with van der Waals surface area (Å²) in [5.41, 5.74) is 7.47. The van der Waals surface area contributed by atoms with Crippen molar-refractivity contribution in [3.8, 4) is 5.75 Å². The third kappa shape index (κ3) is 3.84. The number of phenols is 1. The molecular formula is C17H18N2O3S. The van der Waals surface area contributed by atoms with Crippen LogP contribution in [0.4, 0.5) is 5.69 Å². The number of rotatable bonds is 5. The number of carbonyl (C=O) groups excluding carboxylic acids is 1. The highest BCUT2D eigenvalue weighted by Crippen LogP contribution is 2.38. The number of esters is 1. The topological polar surface area (TPSA) is 84.9 Å². The highest BCUT2D eigenvalue weighted by Gasteiger charge is 2.22. The van der Waals surface area contributed by atoms with Crippen LogP contribution < -0.4 is 5.73 Å². The Morgan fingerprint density at radius 3 is 2.70 bits per heavy atom. The van der Waals surface area contributed by atoms with Gasteiger partial charge in [-0.3, -0.25) is 0 Å². The van der Waals surface area contributed by atoms with Gasteiger partial charge in [0, 0.05) is 16.2 Å². The van der Waals surface area contributed by atoms with Gasteiger partial charge in [0.25, 0.3) is 0 Å². The van der Waals surface area contributed by atoms with Gasteiger partial charge in [0.1, 0.15) is 11.3 Å². The lowest BCUT2D eigenvalue weighted by Gasteiger charge is -2.15. The number of nitrogens with two attached hydrogens (primary N) is 1. The number of aromatic hydroxyl groups is 1. The van der Waals surface area contributed by atoms with Crippen molar-refractivity contribution in [1.29, 1.82) is 0 Å². The van der Waals surface area contributed by atoms with Gasteiger partial charge in [-0.05, 0) is 30.7 Å². The number of hydrogen-bond donors (Lipinski definition) is 2. The fraction of sp³-hybridized carbons (Fsp3) is 0.176. The molecular weight excluding hydrogens is 312 g/mol. The number of hydrogen-bond acceptors (Lipinski definition) is 5. The first kappa shape index (κ1) is 16.9. The van der Waals surface area contributed by atoms with Crippen LogP contribution in [-0.2, 0) is 10.5 Å². The van der Waals surface area contributed by atoms with E-state index in [9.17, 15) is 9.90 Å². The van der Waals surface area contributed by atoms with E-state index < -0.39 is 5.97 Å². The third-order valence-corrected chi connectivity index (χ3v) is 4.33. The number of aliphatic imine (C=N–C) groups is 1. The zero-order valence-electron chi connectivity index (χ0n) is 12.9. The van der Waals surface area contributed by atoms with Crippen LogP contribution in [0.2, 0.25) is 0 Å². The van der Waals surface area contributed by atoms with Gasteiger partial charge in [-0.25, -0.2) is 9.79 Å². The lowest BCUT2D eigenvalue weighted by Crippen LogP contribution is -2.07. The molecule has 5 nitrogen and oxygen atoms in total. The second-order valence-corrected chi connectivity index (χ2v) is 5.83. The molecule has 0 bridgehead atoms. The largest absolute Gasteiger partial charge is 0.507 e. The van der Waals surface area contributed by atoms with E-state index in [0.717, 1.165) is 10.5 Å². The Balaban J connectivity index is 2.50. The molecule has 23 heavy (non-hydrogen) atoms. The van der Waals surface area contributed by atoms with Crippen molar-refractivity contribution in [3.63, 3.8) is 0 Å². The predicted octanol–water partition coefficient (Wildman–Crippen LogP) is 3.40. The molecule has 0 unspecified atom stereocenters. The van der Waals surface area contributed by atoms with Gasteiger partial charge in [-0.2, -0.15) is 0 Å². The van der Waals surface area contributed by atoms with Crippen molar-refractivity contribution in [1.82, 2.24) is 0 Å². The number of methoxy groups -OCH3 is 1. The zero-order chi connectivity index (χ0) is 16.8. The smallest absolute Gasteiger partial charge is 0.342 e. The summed E-state index contributed by atoms with van der Waals surface area (Å²) >= 11 is 1.54. The number of carbonyl (C=O) groups is 1. The number of aryl methyl sites for hydroxylation is 1. The minimum absolute atomic E-state index is 0.117. The molecule has 0 radical (unpaired) electrons. The number of benzene rings is 2. The van der Waals surface area contributed by atoms with E-state index in [1.165, 1.54) is 31.3 Å². The SMILES string of the molecule is COC(=O)c1c(O)cc(C)c(N=CN)c1CSc1ccccc1. The molecule has 3 N–H and O–H groups in total. The Morgan fingerprint density at radius 1 is 1.39 bits per heavy atom. The lowest BCUT2D eigenvalue weighted by molar-refractivity contribution is 0.0596. The first-order chi connectivity index (χ1) is 11.1. The normalized spacial score (nSPS) is 10.9. The van der Waals surface area contributed by atoms with Gasteiger partial charge in [0.05, 0.1) is 19.1 Å². The summed E-state index contributed by atoms with van der Waals surface area (Å²) in [5, 5.41) is 10.2. The number of phenolic OH excluding ortho intramolecular Hbond substituents is 1. The number of thioether (sulfide) groups is 1. The van der Waals surface area contributed by atoms with Crippen molar-refractivity contribution < 1.29 is 14.6 Å². The van der Waals surface area contributed by atoms with Crippen molar-refractivity contribution in [2.75, 3.05) is 7.11 Å². The summed E-state index contributed by atoms with van der Waals surface area (Å²) in [4.78, 5) is 17.3. The standard InChI is InChI=1S/C17H18N2O3S/c1-11-8-14(20)15(17(21)22-2)13(16(11)19-10-18)9-23-12-6-4-3-5-7-12/h3-8,10,20H,9H2,1-2H3,(H2,18,19). The summed E-state index contributed by atoms with van der Waals surface area (Å²) in [6, 6.07) is 11.3. The van der Waals surface area contributed by atoms with Gasteiger partial charge in [0.15, 0.2) is 0 Å². The molecule has 0 aliphatic carbocycles. The van der Waals surface area contributed by atoms with Gasteiger partial charge >= 0.3 is 5.97 Å². The maximum atomic E-state index is 12.1. The molecule has 2 aromatic rings. The van der Waals surface area contributed by atoms with Crippen LogP contribution in [-0.4, -0.2) is 24.5 Å². The maximum absolute atomic E-state index is 12.1. The molecule has 120 valence electrons. The van der Waals surface area contributed by atoms with Crippen molar-refractivity contribution in [2.45, 2.75) is 17.6 Å². The molecule has 0 saturated carbocycles. The van der Waals surface area contributed by atoms with E-state index in [2.05, 4.69) is 4.99 Å². The number of nitrogens with zero attached hydrogens (tertiary/aromatic N) is 1. The van der Waals surface area contributed by atoms with Gasteiger partial charge in [0.2, 0.25) is 0 Å². The fourth-order valence-corrected chi connectivity index (χ4v) is 3.20. The average Bonchev–Trinajstić information content (AvgIpc) is 2.56. The van der Waals surface area contributed by atoms with Crippen LogP contribution in [0.1, 0.15) is 21.5 Å². The molecule has 0 aromatic heterocycles. The highest BCUT2D eigenvalue weighted by atomic mass is 32.2. The van der Waals surface area contributed by atoms with Crippen LogP contribution in [0, 0.1) is 6.92 Å². The van der Waals surface area contributed by atoms with Crippen LogP contribution >= 0.6 is 11.8 Å². The summed E-state index contributed by atoms with van der Waals surface area (Å²) < 4.78 is 4.79. The first-order valence-electron chi connectivity index (χ1n) is 6.94. The van der Waals surface area contributed by atoms with Gasteiger partial charge in [-0.1, -0.05) is 18.2 Å². The van der Waals surface area contributed by atoms with Crippen molar-refractivity contribution >= 4 is 29.8 Å². The van der Waals surface area contributed by atoms with Crippen LogP contribution in [0.15, 0.2) is 46.3 Å². The molecule has 2 aromatic carbocycles. The summed E-state index contributed by atoms with van der Waals surface area (Å²) in [6.07, 6.45) is 1.18. The zero-order valence-corrected chi connectivity index (χ0v) is 13.8. The Morgan fingerprint density at radius 2 is 2.09 bits per heavy atom.